The monoisotopic (exact) mass is 313 g/mol. The van der Waals surface area contributed by atoms with Crippen LogP contribution in [0.2, 0.25) is 5.02 Å². The summed E-state index contributed by atoms with van der Waals surface area (Å²) in [4.78, 5) is 1.60. The van der Waals surface area contributed by atoms with Crippen LogP contribution in [0.5, 0.6) is 5.75 Å². The summed E-state index contributed by atoms with van der Waals surface area (Å²) in [5.41, 5.74) is 0.925. The number of nitrogens with one attached hydrogen (secondary N) is 1. The zero-order valence-electron chi connectivity index (χ0n) is 12.0. The van der Waals surface area contributed by atoms with Crippen LogP contribution in [0.3, 0.4) is 0 Å². The summed E-state index contributed by atoms with van der Waals surface area (Å²) in [7, 11) is 1.64. The summed E-state index contributed by atoms with van der Waals surface area (Å²) in [6.45, 7) is 5.74. The number of hydrogen-bond donors (Lipinski definition) is 1. The number of benzene rings is 1. The number of likely N-dealkylation sites (tertiary alicyclic amines) is 1. The fraction of sp³-hybridized carbons (Fsp3) is 0.500. The highest BCUT2D eigenvalue weighted by Gasteiger charge is 2.17. The topological polar surface area (TPSA) is 13.7 Å². The number of ether oxygens (including phenoxy) is 1. The maximum Gasteiger partial charge on any atom is 0.139 e. The van der Waals surface area contributed by atoms with Crippen molar-refractivity contribution in [3.63, 3.8) is 0 Å². The first-order valence-corrected chi connectivity index (χ1v) is 7.22. The van der Waals surface area contributed by atoms with E-state index in [1.165, 1.54) is 25.9 Å². The second-order valence-electron chi connectivity index (χ2n) is 5.31. The molecule has 20 heavy (non-hydrogen) atoms. The number of hydrogen-bond acceptors (Lipinski definition) is 1. The van der Waals surface area contributed by atoms with E-state index in [1.807, 2.05) is 12.1 Å². The molecule has 0 aliphatic carbocycles. The predicted octanol–water partition coefficient (Wildman–Crippen LogP) is -0.981. The van der Waals surface area contributed by atoms with E-state index in [0.29, 0.717) is 5.02 Å². The first kappa shape index (κ1) is 17.2. The van der Waals surface area contributed by atoms with E-state index in [-0.39, 0.29) is 12.4 Å². The molecule has 1 fully saturated rings. The molecule has 1 heterocycles. The average Bonchev–Trinajstić information content (AvgIpc) is 2.38. The van der Waals surface area contributed by atoms with Crippen molar-refractivity contribution >= 4 is 11.6 Å². The van der Waals surface area contributed by atoms with Gasteiger partial charge in [0.1, 0.15) is 12.3 Å². The van der Waals surface area contributed by atoms with Gasteiger partial charge in [0.25, 0.3) is 0 Å². The average molecular weight is 314 g/mol. The summed E-state index contributed by atoms with van der Waals surface area (Å²) in [6.07, 6.45) is 2.69. The second-order valence-corrected chi connectivity index (χ2v) is 5.75. The van der Waals surface area contributed by atoms with Crippen LogP contribution >= 0.6 is 11.6 Å². The van der Waals surface area contributed by atoms with Gasteiger partial charge in [-0.2, -0.15) is 0 Å². The SMILES string of the molecule is COc1cc(Cl)cc(C#CC[NH+]2CCCC(C)C2)c1.[Cl-]. The van der Waals surface area contributed by atoms with E-state index in [1.54, 1.807) is 18.1 Å². The first-order valence-electron chi connectivity index (χ1n) is 6.84. The Morgan fingerprint density at radius 2 is 2.20 bits per heavy atom. The van der Waals surface area contributed by atoms with Crippen molar-refractivity contribution in [2.24, 2.45) is 5.92 Å². The maximum atomic E-state index is 6.02. The van der Waals surface area contributed by atoms with Crippen molar-refractivity contribution in [2.45, 2.75) is 19.8 Å². The molecule has 0 amide bonds. The number of quaternary nitrogens is 1. The molecular weight excluding hydrogens is 293 g/mol. The summed E-state index contributed by atoms with van der Waals surface area (Å²) in [5.74, 6) is 8.05. The Morgan fingerprint density at radius 3 is 2.90 bits per heavy atom. The minimum absolute atomic E-state index is 0. The van der Waals surface area contributed by atoms with Gasteiger partial charge in [-0.05, 0) is 37.0 Å². The molecule has 4 heteroatoms. The van der Waals surface area contributed by atoms with Crippen molar-refractivity contribution < 1.29 is 22.0 Å². The molecule has 1 aromatic carbocycles. The quantitative estimate of drug-likeness (QED) is 0.693. The molecule has 0 bridgehead atoms. The summed E-state index contributed by atoms with van der Waals surface area (Å²) < 4.78 is 5.19. The summed E-state index contributed by atoms with van der Waals surface area (Å²) in [5, 5.41) is 0.669. The van der Waals surface area contributed by atoms with Crippen LogP contribution in [0, 0.1) is 17.8 Å². The first-order chi connectivity index (χ1) is 9.17. The molecule has 0 aromatic heterocycles. The van der Waals surface area contributed by atoms with Crippen molar-refractivity contribution in [3.05, 3.63) is 28.8 Å². The highest BCUT2D eigenvalue weighted by molar-refractivity contribution is 6.30. The van der Waals surface area contributed by atoms with Gasteiger partial charge < -0.3 is 22.0 Å². The normalized spacial score (nSPS) is 21.4. The van der Waals surface area contributed by atoms with Crippen LogP contribution in [0.4, 0.5) is 0 Å². The van der Waals surface area contributed by atoms with E-state index in [9.17, 15) is 0 Å². The van der Waals surface area contributed by atoms with Gasteiger partial charge in [-0.25, -0.2) is 0 Å². The minimum Gasteiger partial charge on any atom is -1.00 e. The Bertz CT molecular complexity index is 493. The molecule has 1 N–H and O–H groups in total. The fourth-order valence-corrected chi connectivity index (χ4v) is 2.81. The molecule has 2 atom stereocenters. The number of methoxy groups -OCH3 is 1. The van der Waals surface area contributed by atoms with Crippen LogP contribution in [-0.2, 0) is 0 Å². The largest absolute Gasteiger partial charge is 1.00 e. The van der Waals surface area contributed by atoms with Gasteiger partial charge in [0.2, 0.25) is 0 Å². The predicted molar refractivity (Wildman–Crippen MR) is 78.8 cm³/mol. The third-order valence-corrected chi connectivity index (χ3v) is 3.76. The maximum absolute atomic E-state index is 6.02. The van der Waals surface area contributed by atoms with Crippen molar-refractivity contribution in [2.75, 3.05) is 26.7 Å². The van der Waals surface area contributed by atoms with Gasteiger partial charge in [0, 0.05) is 16.5 Å². The highest BCUT2D eigenvalue weighted by Crippen LogP contribution is 2.19. The number of rotatable bonds is 2. The Balaban J connectivity index is 0.00000200. The smallest absolute Gasteiger partial charge is 0.139 e. The lowest BCUT2D eigenvalue weighted by molar-refractivity contribution is -0.901. The van der Waals surface area contributed by atoms with Gasteiger partial charge in [-0.3, -0.25) is 0 Å². The van der Waals surface area contributed by atoms with Crippen LogP contribution in [0.1, 0.15) is 25.3 Å². The highest BCUT2D eigenvalue weighted by atomic mass is 35.5. The zero-order chi connectivity index (χ0) is 13.7. The molecule has 0 saturated carbocycles. The van der Waals surface area contributed by atoms with E-state index in [0.717, 1.165) is 23.8 Å². The Kier molecular flexibility index (Phi) is 7.23. The van der Waals surface area contributed by atoms with Crippen molar-refractivity contribution in [1.29, 1.82) is 0 Å². The second kappa shape index (κ2) is 8.42. The van der Waals surface area contributed by atoms with Gasteiger partial charge in [0.15, 0.2) is 0 Å². The molecule has 2 unspecified atom stereocenters. The zero-order valence-corrected chi connectivity index (χ0v) is 13.5. The molecule has 2 rings (SSSR count). The minimum atomic E-state index is 0. The Morgan fingerprint density at radius 1 is 1.40 bits per heavy atom. The summed E-state index contributed by atoms with van der Waals surface area (Å²) in [6, 6.07) is 5.60. The lowest BCUT2D eigenvalue weighted by Crippen LogP contribution is -3.13. The molecule has 1 saturated heterocycles. The molecular formula is C16H21Cl2NO. The van der Waals surface area contributed by atoms with E-state index in [2.05, 4.69) is 18.8 Å². The third kappa shape index (κ3) is 5.25. The number of piperidine rings is 1. The molecule has 1 aliphatic rings. The molecule has 0 spiro atoms. The number of halogens is 2. The lowest BCUT2D eigenvalue weighted by Gasteiger charge is -2.26. The third-order valence-electron chi connectivity index (χ3n) is 3.54. The van der Waals surface area contributed by atoms with Gasteiger partial charge in [-0.15, -0.1) is 0 Å². The fourth-order valence-electron chi connectivity index (χ4n) is 2.58. The summed E-state index contributed by atoms with van der Waals surface area (Å²) >= 11 is 6.02. The lowest BCUT2D eigenvalue weighted by atomic mass is 10.0. The van der Waals surface area contributed by atoms with Gasteiger partial charge in [0.05, 0.1) is 20.2 Å². The van der Waals surface area contributed by atoms with Gasteiger partial charge in [-0.1, -0.05) is 24.4 Å². The van der Waals surface area contributed by atoms with Gasteiger partial charge >= 0.3 is 0 Å². The standard InChI is InChI=1S/C16H20ClNO.ClH/c1-13-5-3-7-18(12-13)8-4-6-14-9-15(17)11-16(10-14)19-2;/h9-11,13H,3,5,7-8,12H2,1-2H3;1H. The van der Waals surface area contributed by atoms with Crippen LogP contribution in [0.15, 0.2) is 18.2 Å². The van der Waals surface area contributed by atoms with Crippen LogP contribution in [-0.4, -0.2) is 26.7 Å². The van der Waals surface area contributed by atoms with E-state index in [4.69, 9.17) is 16.3 Å². The molecule has 1 aliphatic heterocycles. The van der Waals surface area contributed by atoms with Crippen LogP contribution < -0.4 is 22.0 Å². The van der Waals surface area contributed by atoms with Crippen molar-refractivity contribution in [3.8, 4) is 17.6 Å². The van der Waals surface area contributed by atoms with E-state index < -0.39 is 0 Å². The molecule has 110 valence electrons. The van der Waals surface area contributed by atoms with Crippen LogP contribution in [0.25, 0.3) is 0 Å². The Hall–Kier alpha value is -0.880. The molecule has 0 radical (unpaired) electrons. The van der Waals surface area contributed by atoms with E-state index >= 15 is 0 Å². The molecule has 1 aromatic rings. The Labute approximate surface area is 132 Å². The molecule has 2 nitrogen and oxygen atoms in total. The van der Waals surface area contributed by atoms with Crippen molar-refractivity contribution in [1.82, 2.24) is 0 Å².